The van der Waals surface area contributed by atoms with E-state index in [-0.39, 0.29) is 0 Å². The second-order valence-corrected chi connectivity index (χ2v) is 2.47. The maximum Gasteiger partial charge on any atom is 0.166 e. The highest BCUT2D eigenvalue weighted by atomic mass is 32.1. The first kappa shape index (κ1) is 8.07. The molecule has 0 bridgehead atoms. The van der Waals surface area contributed by atoms with E-state index in [0.717, 1.165) is 5.56 Å². The van der Waals surface area contributed by atoms with Gasteiger partial charge in [-0.05, 0) is 18.3 Å². The molecule has 0 aliphatic rings. The third-order valence-electron chi connectivity index (χ3n) is 1.26. The summed E-state index contributed by atoms with van der Waals surface area (Å²) in [6, 6.07) is 1.89. The Bertz CT molecular complexity index is 220. The molecular formula is C7H10N2OS. The molecule has 60 valence electrons. The van der Waals surface area contributed by atoms with Crippen LogP contribution in [0.3, 0.4) is 0 Å². The van der Waals surface area contributed by atoms with E-state index in [9.17, 15) is 0 Å². The van der Waals surface area contributed by atoms with E-state index in [1.165, 1.54) is 0 Å². The van der Waals surface area contributed by atoms with Crippen LogP contribution in [-0.4, -0.2) is 12.2 Å². The second-order valence-electron chi connectivity index (χ2n) is 2.06. The summed E-state index contributed by atoms with van der Waals surface area (Å²) >= 11 is 4.88. The van der Waals surface area contributed by atoms with Gasteiger partial charge in [0.1, 0.15) is 0 Å². The van der Waals surface area contributed by atoms with Crippen LogP contribution in [0.15, 0.2) is 23.0 Å². The van der Waals surface area contributed by atoms with Crippen LogP contribution in [0.2, 0.25) is 0 Å². The summed E-state index contributed by atoms with van der Waals surface area (Å²) in [5.41, 5.74) is 1.09. The van der Waals surface area contributed by atoms with Crippen molar-refractivity contribution >= 4 is 17.3 Å². The van der Waals surface area contributed by atoms with Gasteiger partial charge < -0.3 is 15.1 Å². The van der Waals surface area contributed by atoms with Crippen LogP contribution in [0.4, 0.5) is 0 Å². The smallest absolute Gasteiger partial charge is 0.166 e. The molecule has 0 atom stereocenters. The number of thiocarbonyl (C=S) groups is 1. The summed E-state index contributed by atoms with van der Waals surface area (Å²) in [7, 11) is 1.78. The Morgan fingerprint density at radius 1 is 1.73 bits per heavy atom. The van der Waals surface area contributed by atoms with Crippen LogP contribution in [0.25, 0.3) is 0 Å². The first-order valence-corrected chi connectivity index (χ1v) is 3.70. The van der Waals surface area contributed by atoms with E-state index < -0.39 is 0 Å². The molecule has 4 heteroatoms. The molecule has 0 amide bonds. The summed E-state index contributed by atoms with van der Waals surface area (Å²) in [5.74, 6) is 0. The first-order chi connectivity index (χ1) is 5.33. The van der Waals surface area contributed by atoms with Crippen molar-refractivity contribution in [1.82, 2.24) is 10.6 Å². The van der Waals surface area contributed by atoms with E-state index in [4.69, 9.17) is 16.6 Å². The van der Waals surface area contributed by atoms with Crippen molar-refractivity contribution < 1.29 is 4.42 Å². The Labute approximate surface area is 70.8 Å². The topological polar surface area (TPSA) is 37.2 Å². The van der Waals surface area contributed by atoms with Crippen molar-refractivity contribution in [2.24, 2.45) is 0 Å². The van der Waals surface area contributed by atoms with Gasteiger partial charge >= 0.3 is 0 Å². The zero-order valence-corrected chi connectivity index (χ0v) is 7.07. The Balaban J connectivity index is 2.29. The van der Waals surface area contributed by atoms with Crippen LogP contribution in [-0.2, 0) is 6.54 Å². The van der Waals surface area contributed by atoms with Gasteiger partial charge in [-0.2, -0.15) is 0 Å². The Morgan fingerprint density at radius 2 is 2.55 bits per heavy atom. The van der Waals surface area contributed by atoms with Gasteiger partial charge in [0.15, 0.2) is 5.11 Å². The maximum atomic E-state index is 4.88. The molecule has 0 saturated heterocycles. The number of nitrogens with one attached hydrogen (secondary N) is 2. The van der Waals surface area contributed by atoms with E-state index in [0.29, 0.717) is 11.7 Å². The molecule has 0 spiro atoms. The molecule has 1 heterocycles. The monoisotopic (exact) mass is 170 g/mol. The van der Waals surface area contributed by atoms with Crippen molar-refractivity contribution in [1.29, 1.82) is 0 Å². The minimum atomic E-state index is 0.645. The van der Waals surface area contributed by atoms with Crippen LogP contribution in [0.1, 0.15) is 5.56 Å². The van der Waals surface area contributed by atoms with E-state index in [1.54, 1.807) is 19.6 Å². The average molecular weight is 170 g/mol. The molecule has 2 N–H and O–H groups in total. The predicted octanol–water partition coefficient (Wildman–Crippen LogP) is 0.873. The normalized spacial score (nSPS) is 9.18. The van der Waals surface area contributed by atoms with Crippen molar-refractivity contribution in [3.05, 3.63) is 24.2 Å². The van der Waals surface area contributed by atoms with Gasteiger partial charge in [-0.3, -0.25) is 0 Å². The standard InChI is InChI=1S/C7H10N2OS/c1-8-7(11)9-4-6-2-3-10-5-6/h2-3,5H,4H2,1H3,(H2,8,9,11). The molecule has 0 fully saturated rings. The minimum Gasteiger partial charge on any atom is -0.472 e. The van der Waals surface area contributed by atoms with Crippen molar-refractivity contribution in [3.8, 4) is 0 Å². The molecule has 1 aromatic rings. The summed E-state index contributed by atoms with van der Waals surface area (Å²) < 4.78 is 4.88. The summed E-state index contributed by atoms with van der Waals surface area (Å²) in [6.45, 7) is 0.705. The average Bonchev–Trinajstić information content (AvgIpc) is 2.52. The molecule has 0 unspecified atom stereocenters. The van der Waals surface area contributed by atoms with E-state index in [1.807, 2.05) is 6.07 Å². The van der Waals surface area contributed by atoms with Gasteiger partial charge in [0, 0.05) is 19.2 Å². The summed E-state index contributed by atoms with van der Waals surface area (Å²) in [6.07, 6.45) is 3.32. The Kier molecular flexibility index (Phi) is 2.92. The predicted molar refractivity (Wildman–Crippen MR) is 47.2 cm³/mol. The number of furan rings is 1. The molecule has 11 heavy (non-hydrogen) atoms. The van der Waals surface area contributed by atoms with Gasteiger partial charge in [0.05, 0.1) is 12.5 Å². The highest BCUT2D eigenvalue weighted by Crippen LogP contribution is 1.97. The third kappa shape index (κ3) is 2.59. The zero-order valence-electron chi connectivity index (χ0n) is 6.26. The molecule has 1 aromatic heterocycles. The van der Waals surface area contributed by atoms with Crippen LogP contribution < -0.4 is 10.6 Å². The maximum absolute atomic E-state index is 4.88. The highest BCUT2D eigenvalue weighted by Gasteiger charge is 1.93. The zero-order chi connectivity index (χ0) is 8.10. The van der Waals surface area contributed by atoms with Crippen LogP contribution in [0, 0.1) is 0 Å². The third-order valence-corrected chi connectivity index (χ3v) is 1.61. The fourth-order valence-electron chi connectivity index (χ4n) is 0.664. The van der Waals surface area contributed by atoms with Gasteiger partial charge in [-0.1, -0.05) is 0 Å². The van der Waals surface area contributed by atoms with Gasteiger partial charge in [-0.15, -0.1) is 0 Å². The molecule has 0 aliphatic heterocycles. The number of hydrogen-bond acceptors (Lipinski definition) is 2. The second kappa shape index (κ2) is 3.98. The lowest BCUT2D eigenvalue weighted by Crippen LogP contribution is -2.31. The molecule has 0 aliphatic carbocycles. The molecule has 1 rings (SSSR count). The van der Waals surface area contributed by atoms with Gasteiger partial charge in [-0.25, -0.2) is 0 Å². The molecule has 0 aromatic carbocycles. The SMILES string of the molecule is CNC(=S)NCc1ccoc1. The van der Waals surface area contributed by atoms with E-state index >= 15 is 0 Å². The van der Waals surface area contributed by atoms with Crippen LogP contribution in [0.5, 0.6) is 0 Å². The quantitative estimate of drug-likeness (QED) is 0.646. The summed E-state index contributed by atoms with van der Waals surface area (Å²) in [4.78, 5) is 0. The molecular weight excluding hydrogens is 160 g/mol. The summed E-state index contributed by atoms with van der Waals surface area (Å²) in [5, 5.41) is 6.46. The Hall–Kier alpha value is -1.03. The number of hydrogen-bond donors (Lipinski definition) is 2. The van der Waals surface area contributed by atoms with Crippen molar-refractivity contribution in [3.63, 3.8) is 0 Å². The lowest BCUT2D eigenvalue weighted by Gasteiger charge is -2.03. The fraction of sp³-hybridized carbons (Fsp3) is 0.286. The Morgan fingerprint density at radius 3 is 3.09 bits per heavy atom. The number of rotatable bonds is 2. The van der Waals surface area contributed by atoms with Crippen LogP contribution >= 0.6 is 12.2 Å². The minimum absolute atomic E-state index is 0.645. The van der Waals surface area contributed by atoms with Crippen molar-refractivity contribution in [2.45, 2.75) is 6.54 Å². The molecule has 3 nitrogen and oxygen atoms in total. The first-order valence-electron chi connectivity index (χ1n) is 3.29. The lowest BCUT2D eigenvalue weighted by molar-refractivity contribution is 0.563. The van der Waals surface area contributed by atoms with E-state index in [2.05, 4.69) is 10.6 Å². The lowest BCUT2D eigenvalue weighted by atomic mass is 10.3. The highest BCUT2D eigenvalue weighted by molar-refractivity contribution is 7.80. The molecule has 0 radical (unpaired) electrons. The largest absolute Gasteiger partial charge is 0.472 e. The molecule has 0 saturated carbocycles. The van der Waals surface area contributed by atoms with Gasteiger partial charge in [0.25, 0.3) is 0 Å². The van der Waals surface area contributed by atoms with Crippen molar-refractivity contribution in [2.75, 3.05) is 7.05 Å². The van der Waals surface area contributed by atoms with Gasteiger partial charge in [0.2, 0.25) is 0 Å². The fourth-order valence-corrected chi connectivity index (χ4v) is 0.736.